The van der Waals surface area contributed by atoms with Crippen molar-refractivity contribution in [1.29, 1.82) is 0 Å². The number of ether oxygens (including phenoxy) is 1. The number of benzene rings is 1. The molecule has 1 aromatic carbocycles. The minimum Gasteiger partial charge on any atom is -0.491 e. The van der Waals surface area contributed by atoms with E-state index in [9.17, 15) is 9.50 Å². The fraction of sp³-hybridized carbons (Fsp3) is 0.625. The van der Waals surface area contributed by atoms with Crippen LogP contribution in [-0.2, 0) is 0 Å². The van der Waals surface area contributed by atoms with Gasteiger partial charge in [-0.25, -0.2) is 4.39 Å². The van der Waals surface area contributed by atoms with Gasteiger partial charge in [0.05, 0.1) is 0 Å². The third-order valence-corrected chi connectivity index (χ3v) is 5.39. The van der Waals surface area contributed by atoms with Crippen molar-refractivity contribution in [2.45, 2.75) is 37.5 Å². The van der Waals surface area contributed by atoms with Crippen LogP contribution in [0.25, 0.3) is 0 Å². The van der Waals surface area contributed by atoms with Gasteiger partial charge in [0, 0.05) is 17.8 Å². The molecule has 0 fully saturated rings. The summed E-state index contributed by atoms with van der Waals surface area (Å²) in [6, 6.07) is 5.80. The quantitative estimate of drug-likeness (QED) is 0.696. The molecule has 0 aliphatic carbocycles. The lowest BCUT2D eigenvalue weighted by molar-refractivity contribution is 0.106. The smallest absolute Gasteiger partial charge is 0.123 e. The van der Waals surface area contributed by atoms with Gasteiger partial charge in [-0.2, -0.15) is 11.8 Å². The third-order valence-electron chi connectivity index (χ3n) is 3.80. The lowest BCUT2D eigenvalue weighted by Crippen LogP contribution is -2.41. The molecular weight excluding hydrogens is 289 g/mol. The zero-order valence-corrected chi connectivity index (χ0v) is 13.9. The number of halogens is 1. The standard InChI is InChI=1S/C16H26FNO2S/c1-4-16(5-2,21-3)12-18-10-14(19)11-20-15-8-6-13(17)7-9-15/h6-9,14,18-19H,4-5,10-12H2,1-3H3. The maximum atomic E-state index is 12.7. The summed E-state index contributed by atoms with van der Waals surface area (Å²) in [6.07, 6.45) is 3.74. The summed E-state index contributed by atoms with van der Waals surface area (Å²) in [6.45, 7) is 5.94. The molecule has 120 valence electrons. The molecule has 0 amide bonds. The summed E-state index contributed by atoms with van der Waals surface area (Å²) in [5.41, 5.74) is 0. The normalized spacial score (nSPS) is 13.2. The molecule has 5 heteroatoms. The van der Waals surface area contributed by atoms with E-state index in [1.54, 1.807) is 12.1 Å². The van der Waals surface area contributed by atoms with Gasteiger partial charge in [0.25, 0.3) is 0 Å². The second-order valence-electron chi connectivity index (χ2n) is 5.14. The Kier molecular flexibility index (Phi) is 8.07. The molecule has 0 aliphatic heterocycles. The first kappa shape index (κ1) is 18.3. The Bertz CT molecular complexity index is 388. The van der Waals surface area contributed by atoms with E-state index in [4.69, 9.17) is 4.74 Å². The predicted molar refractivity (Wildman–Crippen MR) is 87.6 cm³/mol. The molecule has 2 N–H and O–H groups in total. The van der Waals surface area contributed by atoms with Crippen LogP contribution < -0.4 is 10.1 Å². The van der Waals surface area contributed by atoms with Gasteiger partial charge in [0.15, 0.2) is 0 Å². The number of hydrogen-bond acceptors (Lipinski definition) is 4. The highest BCUT2D eigenvalue weighted by Gasteiger charge is 2.24. The second kappa shape index (κ2) is 9.28. The Balaban J connectivity index is 2.27. The molecule has 1 atom stereocenters. The molecule has 1 unspecified atom stereocenters. The van der Waals surface area contributed by atoms with Crippen LogP contribution >= 0.6 is 11.8 Å². The summed E-state index contributed by atoms with van der Waals surface area (Å²) in [4.78, 5) is 0. The van der Waals surface area contributed by atoms with Gasteiger partial charge >= 0.3 is 0 Å². The molecule has 0 aromatic heterocycles. The van der Waals surface area contributed by atoms with Crippen molar-refractivity contribution in [3.8, 4) is 5.75 Å². The highest BCUT2D eigenvalue weighted by Crippen LogP contribution is 2.29. The number of aliphatic hydroxyl groups is 1. The van der Waals surface area contributed by atoms with Crippen LogP contribution in [0.1, 0.15) is 26.7 Å². The number of nitrogens with one attached hydrogen (secondary N) is 1. The Hall–Kier alpha value is -0.780. The van der Waals surface area contributed by atoms with E-state index in [0.29, 0.717) is 12.3 Å². The minimum atomic E-state index is -0.580. The first-order valence-corrected chi connectivity index (χ1v) is 8.60. The average Bonchev–Trinajstić information content (AvgIpc) is 2.51. The van der Waals surface area contributed by atoms with Crippen molar-refractivity contribution in [1.82, 2.24) is 5.32 Å². The Labute approximate surface area is 131 Å². The van der Waals surface area contributed by atoms with Crippen LogP contribution in [0.5, 0.6) is 5.75 Å². The van der Waals surface area contributed by atoms with E-state index in [1.165, 1.54) is 12.1 Å². The zero-order valence-electron chi connectivity index (χ0n) is 13.1. The van der Waals surface area contributed by atoms with Gasteiger partial charge in [-0.05, 0) is 43.4 Å². The van der Waals surface area contributed by atoms with Crippen molar-refractivity contribution in [3.05, 3.63) is 30.1 Å². The molecule has 1 rings (SSSR count). The van der Waals surface area contributed by atoms with Gasteiger partial charge in [0.1, 0.15) is 24.3 Å². The molecule has 0 heterocycles. The number of thioether (sulfide) groups is 1. The van der Waals surface area contributed by atoms with Gasteiger partial charge in [-0.1, -0.05) is 13.8 Å². The van der Waals surface area contributed by atoms with Crippen LogP contribution in [-0.4, -0.2) is 41.9 Å². The maximum absolute atomic E-state index is 12.7. The van der Waals surface area contributed by atoms with E-state index in [1.807, 2.05) is 11.8 Å². The largest absolute Gasteiger partial charge is 0.491 e. The molecular formula is C16H26FNO2S. The predicted octanol–water partition coefficient (Wildman–Crippen LogP) is 3.08. The second-order valence-corrected chi connectivity index (χ2v) is 6.42. The lowest BCUT2D eigenvalue weighted by atomic mass is 10.0. The summed E-state index contributed by atoms with van der Waals surface area (Å²) in [5.74, 6) is 0.271. The highest BCUT2D eigenvalue weighted by atomic mass is 32.2. The number of hydrogen-bond donors (Lipinski definition) is 2. The van der Waals surface area contributed by atoms with Crippen LogP contribution in [0, 0.1) is 5.82 Å². The van der Waals surface area contributed by atoms with E-state index >= 15 is 0 Å². The monoisotopic (exact) mass is 315 g/mol. The molecule has 0 radical (unpaired) electrons. The molecule has 0 spiro atoms. The first-order valence-electron chi connectivity index (χ1n) is 7.37. The highest BCUT2D eigenvalue weighted by molar-refractivity contribution is 8.00. The van der Waals surface area contributed by atoms with E-state index in [0.717, 1.165) is 19.4 Å². The Morgan fingerprint density at radius 1 is 1.29 bits per heavy atom. The molecule has 21 heavy (non-hydrogen) atoms. The van der Waals surface area contributed by atoms with Crippen molar-refractivity contribution in [3.63, 3.8) is 0 Å². The summed E-state index contributed by atoms with van der Waals surface area (Å²) >= 11 is 1.87. The van der Waals surface area contributed by atoms with Crippen LogP contribution in [0.4, 0.5) is 4.39 Å². The summed E-state index contributed by atoms with van der Waals surface area (Å²) in [5, 5.41) is 13.2. The first-order chi connectivity index (χ1) is 10.0. The van der Waals surface area contributed by atoms with E-state index in [2.05, 4.69) is 25.4 Å². The fourth-order valence-corrected chi connectivity index (χ4v) is 2.93. The fourth-order valence-electron chi connectivity index (χ4n) is 2.11. The minimum absolute atomic E-state index is 0.198. The molecule has 0 bridgehead atoms. The van der Waals surface area contributed by atoms with Crippen LogP contribution in [0.2, 0.25) is 0 Å². The van der Waals surface area contributed by atoms with Crippen molar-refractivity contribution in [2.24, 2.45) is 0 Å². The van der Waals surface area contributed by atoms with Gasteiger partial charge in [-0.3, -0.25) is 0 Å². The molecule has 0 saturated heterocycles. The lowest BCUT2D eigenvalue weighted by Gasteiger charge is -2.30. The van der Waals surface area contributed by atoms with Crippen molar-refractivity contribution < 1.29 is 14.2 Å². The SMILES string of the molecule is CCC(CC)(CNCC(O)COc1ccc(F)cc1)SC. The van der Waals surface area contributed by atoms with Crippen molar-refractivity contribution in [2.75, 3.05) is 26.0 Å². The molecule has 0 aliphatic rings. The topological polar surface area (TPSA) is 41.5 Å². The molecule has 1 aromatic rings. The van der Waals surface area contributed by atoms with Gasteiger partial charge < -0.3 is 15.2 Å². The zero-order chi connectivity index (χ0) is 15.7. The maximum Gasteiger partial charge on any atom is 0.123 e. The molecule has 3 nitrogen and oxygen atoms in total. The third kappa shape index (κ3) is 6.24. The summed E-state index contributed by atoms with van der Waals surface area (Å²) < 4.78 is 18.4. The van der Waals surface area contributed by atoms with Crippen LogP contribution in [0.3, 0.4) is 0 Å². The van der Waals surface area contributed by atoms with E-state index < -0.39 is 6.10 Å². The Morgan fingerprint density at radius 2 is 1.90 bits per heavy atom. The average molecular weight is 315 g/mol. The number of rotatable bonds is 10. The van der Waals surface area contributed by atoms with Gasteiger partial charge in [0.2, 0.25) is 0 Å². The molecule has 0 saturated carbocycles. The summed E-state index contributed by atoms with van der Waals surface area (Å²) in [7, 11) is 0. The van der Waals surface area contributed by atoms with Crippen molar-refractivity contribution >= 4 is 11.8 Å². The Morgan fingerprint density at radius 3 is 2.43 bits per heavy atom. The number of aliphatic hydroxyl groups excluding tert-OH is 1. The van der Waals surface area contributed by atoms with Crippen LogP contribution in [0.15, 0.2) is 24.3 Å². The van der Waals surface area contributed by atoms with Gasteiger partial charge in [-0.15, -0.1) is 0 Å². The van der Waals surface area contributed by atoms with E-state index in [-0.39, 0.29) is 17.2 Å².